The molecular weight excluding hydrogens is 584 g/mol. The Kier molecular flexibility index (Phi) is 34.0. The number of nitrogens with zero attached hydrogens (tertiary/aromatic N) is 3. The quantitative estimate of drug-likeness (QED) is 0.0292. The number of aliphatic hydroxyl groups is 2. The molecule has 0 rings (SSSR count). The van der Waals surface area contributed by atoms with Gasteiger partial charge in [-0.15, -0.1) is 0 Å². The Morgan fingerprint density at radius 3 is 1.79 bits per heavy atom. The standard InChI is InChI=1S/2C15H28N2O4.Ca/c2*1-3-4-5-6-7-9-14(19)16-12-17(10-8-11-18)13(2)15(20)21;/h2*6-7,13,18H,3-5,8-12H2,1-2H3,(H,16,19)(H,20,21);/q;;+2/p-2/b2*7-6+;. The summed E-state index contributed by atoms with van der Waals surface area (Å²) < 4.78 is 0. The molecule has 0 aromatic carbocycles. The molecule has 1 amide bonds. The van der Waals surface area contributed by atoms with E-state index in [2.05, 4.69) is 24.2 Å². The minimum atomic E-state index is -1.21. The van der Waals surface area contributed by atoms with E-state index in [9.17, 15) is 24.6 Å². The zero-order chi connectivity index (χ0) is 32.2. The van der Waals surface area contributed by atoms with Gasteiger partial charge in [-0.2, -0.15) is 0 Å². The second-order valence-electron chi connectivity index (χ2n) is 9.88. The van der Waals surface area contributed by atoms with Crippen LogP contribution in [0, 0.1) is 0 Å². The van der Waals surface area contributed by atoms with Crippen molar-refractivity contribution >= 4 is 61.5 Å². The number of carbonyl (C=O) groups excluding carboxylic acids is 2. The molecule has 43 heavy (non-hydrogen) atoms. The molecule has 244 valence electrons. The van der Waals surface area contributed by atoms with E-state index in [4.69, 9.17) is 15.3 Å². The number of carboxylic acid groups (broad SMARTS) is 2. The van der Waals surface area contributed by atoms with Crippen molar-refractivity contribution in [3.8, 4) is 0 Å². The fourth-order valence-corrected chi connectivity index (χ4v) is 3.40. The molecule has 0 saturated carbocycles. The van der Waals surface area contributed by atoms with Crippen molar-refractivity contribution in [2.75, 3.05) is 39.6 Å². The van der Waals surface area contributed by atoms with E-state index >= 15 is 0 Å². The predicted octanol–water partition coefficient (Wildman–Crippen LogP) is 0.635. The third-order valence-corrected chi connectivity index (χ3v) is 6.29. The van der Waals surface area contributed by atoms with Crippen molar-refractivity contribution in [3.63, 3.8) is 0 Å². The van der Waals surface area contributed by atoms with Gasteiger partial charge < -0.3 is 35.6 Å². The molecule has 0 radical (unpaired) electrons. The molecule has 13 heteroatoms. The summed E-state index contributed by atoms with van der Waals surface area (Å²) in [6.45, 7) is 8.20. The first kappa shape index (κ1) is 45.9. The Hall–Kier alpha value is -1.54. The second kappa shape index (κ2) is 31.9. The molecule has 2 unspecified atom stereocenters. The SMILES string of the molecule is CCCC/C=C/CC(=O)NCN(CCCO)C(C)C(=O)O.CCCC/C=C/CC([O-])=NCN(CCCO)C(C)C(=O)[O-].[Ca+2]. The van der Waals surface area contributed by atoms with Gasteiger partial charge in [-0.3, -0.25) is 24.4 Å². The number of aliphatic hydroxyl groups excluding tert-OH is 2. The van der Waals surface area contributed by atoms with Gasteiger partial charge in [0.05, 0.1) is 19.3 Å². The van der Waals surface area contributed by atoms with Crippen molar-refractivity contribution in [1.82, 2.24) is 15.1 Å². The summed E-state index contributed by atoms with van der Waals surface area (Å²) in [7, 11) is 0. The van der Waals surface area contributed by atoms with Crippen LogP contribution in [-0.2, 0) is 14.4 Å². The van der Waals surface area contributed by atoms with Crippen LogP contribution < -0.4 is 15.5 Å². The van der Waals surface area contributed by atoms with Gasteiger partial charge >= 0.3 is 43.7 Å². The topological polar surface area (TPSA) is 189 Å². The summed E-state index contributed by atoms with van der Waals surface area (Å²) in [6.07, 6.45) is 15.4. The van der Waals surface area contributed by atoms with Crippen molar-refractivity contribution in [1.29, 1.82) is 0 Å². The van der Waals surface area contributed by atoms with Crippen molar-refractivity contribution in [3.05, 3.63) is 24.3 Å². The molecule has 0 spiro atoms. The Morgan fingerprint density at radius 1 is 0.814 bits per heavy atom. The van der Waals surface area contributed by atoms with E-state index in [1.165, 1.54) is 11.8 Å². The van der Waals surface area contributed by atoms with Gasteiger partial charge in [0.25, 0.3) is 0 Å². The van der Waals surface area contributed by atoms with Crippen LogP contribution in [0.5, 0.6) is 0 Å². The first-order chi connectivity index (χ1) is 20.0. The van der Waals surface area contributed by atoms with E-state index in [-0.39, 0.29) is 82.5 Å². The largest absolute Gasteiger partial charge is 2.00 e. The number of hydrogen-bond donors (Lipinski definition) is 4. The smallest absolute Gasteiger partial charge is 0.862 e. The van der Waals surface area contributed by atoms with Gasteiger partial charge in [0.15, 0.2) is 0 Å². The summed E-state index contributed by atoms with van der Waals surface area (Å²) >= 11 is 0. The summed E-state index contributed by atoms with van der Waals surface area (Å²) in [4.78, 5) is 40.5. The normalized spacial score (nSPS) is 13.1. The Balaban J connectivity index is -0.000000727. The molecule has 0 aromatic rings. The molecule has 0 fully saturated rings. The number of hydrogen-bond acceptors (Lipinski definition) is 10. The molecule has 0 aliphatic carbocycles. The average Bonchev–Trinajstić information content (AvgIpc) is 2.96. The van der Waals surface area contributed by atoms with Crippen LogP contribution >= 0.6 is 0 Å². The number of unbranched alkanes of at least 4 members (excludes halogenated alkanes) is 4. The molecule has 0 aliphatic heterocycles. The monoisotopic (exact) mass is 638 g/mol. The number of carboxylic acids is 2. The van der Waals surface area contributed by atoms with Gasteiger partial charge in [0.1, 0.15) is 6.04 Å². The first-order valence-corrected chi connectivity index (χ1v) is 15.0. The van der Waals surface area contributed by atoms with Crippen LogP contribution in [0.4, 0.5) is 0 Å². The number of rotatable bonds is 24. The summed E-state index contributed by atoms with van der Waals surface area (Å²) in [5.41, 5.74) is 0. The van der Waals surface area contributed by atoms with Crippen LogP contribution in [-0.4, -0.2) is 138 Å². The Morgan fingerprint density at radius 2 is 1.33 bits per heavy atom. The zero-order valence-electron chi connectivity index (χ0n) is 26.7. The van der Waals surface area contributed by atoms with E-state index < -0.39 is 24.0 Å². The summed E-state index contributed by atoms with van der Waals surface area (Å²) in [5, 5.41) is 51.8. The van der Waals surface area contributed by atoms with Crippen molar-refractivity contribution < 1.29 is 39.9 Å². The van der Waals surface area contributed by atoms with Crippen LogP contribution in [0.3, 0.4) is 0 Å². The number of allylic oxidation sites excluding steroid dienone is 2. The van der Waals surface area contributed by atoms with Crippen LogP contribution in [0.25, 0.3) is 0 Å². The molecule has 0 heterocycles. The summed E-state index contributed by atoms with van der Waals surface area (Å²) in [6, 6.07) is -1.54. The minimum absolute atomic E-state index is 0. The van der Waals surface area contributed by atoms with Gasteiger partial charge in [-0.25, -0.2) is 0 Å². The minimum Gasteiger partial charge on any atom is -0.862 e. The van der Waals surface area contributed by atoms with Gasteiger partial charge in [-0.05, 0) is 51.8 Å². The van der Waals surface area contributed by atoms with Crippen molar-refractivity contribution in [2.45, 2.75) is 104 Å². The van der Waals surface area contributed by atoms with Crippen LogP contribution in [0.15, 0.2) is 29.3 Å². The first-order valence-electron chi connectivity index (χ1n) is 15.0. The van der Waals surface area contributed by atoms with E-state index in [1.54, 1.807) is 17.9 Å². The second-order valence-corrected chi connectivity index (χ2v) is 9.88. The molecule has 0 aliphatic rings. The fourth-order valence-electron chi connectivity index (χ4n) is 3.40. The maximum Gasteiger partial charge on any atom is 2.00 e. The number of carbonyl (C=O) groups is 3. The van der Waals surface area contributed by atoms with Crippen LogP contribution in [0.1, 0.15) is 91.9 Å². The maximum absolute atomic E-state index is 11.7. The van der Waals surface area contributed by atoms with E-state index in [0.717, 1.165) is 38.5 Å². The third kappa shape index (κ3) is 27.7. The molecule has 12 nitrogen and oxygen atoms in total. The number of amides is 1. The fraction of sp³-hybridized carbons (Fsp3) is 0.733. The molecule has 0 aromatic heterocycles. The predicted molar refractivity (Wildman–Crippen MR) is 166 cm³/mol. The number of nitrogens with one attached hydrogen (secondary N) is 1. The van der Waals surface area contributed by atoms with E-state index in [0.29, 0.717) is 32.4 Å². The molecule has 0 bridgehead atoms. The third-order valence-electron chi connectivity index (χ3n) is 6.29. The average molecular weight is 639 g/mol. The molecule has 4 N–H and O–H groups in total. The summed E-state index contributed by atoms with van der Waals surface area (Å²) in [5.74, 6) is -2.56. The van der Waals surface area contributed by atoms with Gasteiger partial charge in [-0.1, -0.05) is 63.8 Å². The van der Waals surface area contributed by atoms with E-state index in [1.807, 2.05) is 18.2 Å². The van der Waals surface area contributed by atoms with Gasteiger partial charge in [0.2, 0.25) is 5.91 Å². The Bertz CT molecular complexity index is 811. The number of aliphatic imine (C=N–C) groups is 1. The number of aliphatic carboxylic acids is 2. The maximum atomic E-state index is 11.7. The molecule has 0 saturated heterocycles. The molecular formula is C30H54CaN4O8. The Labute approximate surface area is 287 Å². The van der Waals surface area contributed by atoms with Crippen molar-refractivity contribution in [2.24, 2.45) is 4.99 Å². The van der Waals surface area contributed by atoms with Crippen LogP contribution in [0.2, 0.25) is 0 Å². The zero-order valence-corrected chi connectivity index (χ0v) is 28.9. The van der Waals surface area contributed by atoms with Gasteiger partial charge in [0, 0.05) is 38.8 Å². The molecule has 2 atom stereocenters.